The van der Waals surface area contributed by atoms with Crippen molar-refractivity contribution >= 4 is 5.91 Å². The lowest BCUT2D eigenvalue weighted by Crippen LogP contribution is -2.27. The summed E-state index contributed by atoms with van der Waals surface area (Å²) in [4.78, 5) is 11.5. The van der Waals surface area contributed by atoms with Crippen LogP contribution in [0.4, 0.5) is 0 Å². The molecule has 0 heterocycles. The van der Waals surface area contributed by atoms with Crippen LogP contribution in [0.25, 0.3) is 0 Å². The van der Waals surface area contributed by atoms with Crippen molar-refractivity contribution in [2.45, 2.75) is 6.54 Å². The van der Waals surface area contributed by atoms with E-state index >= 15 is 0 Å². The first kappa shape index (κ1) is 16.2. The van der Waals surface area contributed by atoms with E-state index in [1.807, 2.05) is 24.3 Å². The van der Waals surface area contributed by atoms with E-state index in [1.54, 1.807) is 7.11 Å². The normalized spacial score (nSPS) is 9.70. The molecule has 1 aromatic carbocycles. The first-order valence-electron chi connectivity index (χ1n) is 6.37. The molecular formula is C15H20N2O3. The highest BCUT2D eigenvalue weighted by Gasteiger charge is 2.01. The SMILES string of the molecule is COCCOCC(=O)NCc1cccc(C#CCN)c1. The Bertz CT molecular complexity index is 477. The van der Waals surface area contributed by atoms with E-state index in [4.69, 9.17) is 15.2 Å². The fraction of sp³-hybridized carbons (Fsp3) is 0.400. The number of amides is 1. The topological polar surface area (TPSA) is 73.6 Å². The highest BCUT2D eigenvalue weighted by atomic mass is 16.5. The smallest absolute Gasteiger partial charge is 0.246 e. The summed E-state index contributed by atoms with van der Waals surface area (Å²) in [7, 11) is 1.59. The van der Waals surface area contributed by atoms with Gasteiger partial charge in [-0.2, -0.15) is 0 Å². The standard InChI is InChI=1S/C15H20N2O3/c1-19-8-9-20-12-15(18)17-11-14-5-2-4-13(10-14)6-3-7-16/h2,4-5,10H,7-9,11-12,16H2,1H3,(H,17,18). The largest absolute Gasteiger partial charge is 0.382 e. The molecule has 1 rings (SSSR count). The first-order valence-corrected chi connectivity index (χ1v) is 6.37. The molecule has 0 aliphatic rings. The predicted octanol–water partition coefficient (Wildman–Crippen LogP) is 0.276. The van der Waals surface area contributed by atoms with Crippen LogP contribution in [0, 0.1) is 11.8 Å². The molecule has 0 saturated heterocycles. The van der Waals surface area contributed by atoms with Crippen LogP contribution in [0.1, 0.15) is 11.1 Å². The molecule has 0 aliphatic heterocycles. The molecule has 108 valence electrons. The van der Waals surface area contributed by atoms with Crippen LogP contribution in [0.5, 0.6) is 0 Å². The molecule has 0 fully saturated rings. The lowest BCUT2D eigenvalue weighted by atomic mass is 10.1. The number of ether oxygens (including phenoxy) is 2. The summed E-state index contributed by atoms with van der Waals surface area (Å²) >= 11 is 0. The van der Waals surface area contributed by atoms with Gasteiger partial charge < -0.3 is 20.5 Å². The van der Waals surface area contributed by atoms with Gasteiger partial charge in [-0.25, -0.2) is 0 Å². The van der Waals surface area contributed by atoms with Crippen molar-refractivity contribution in [2.24, 2.45) is 5.73 Å². The monoisotopic (exact) mass is 276 g/mol. The van der Waals surface area contributed by atoms with Crippen LogP contribution in [0.15, 0.2) is 24.3 Å². The summed E-state index contributed by atoms with van der Waals surface area (Å²) in [6.07, 6.45) is 0. The second kappa shape index (κ2) is 9.98. The second-order valence-electron chi connectivity index (χ2n) is 4.03. The minimum absolute atomic E-state index is 0.0377. The van der Waals surface area contributed by atoms with Gasteiger partial charge in [-0.1, -0.05) is 24.0 Å². The van der Waals surface area contributed by atoms with Crippen molar-refractivity contribution in [3.05, 3.63) is 35.4 Å². The van der Waals surface area contributed by atoms with Gasteiger partial charge in [0.15, 0.2) is 0 Å². The van der Waals surface area contributed by atoms with E-state index < -0.39 is 0 Å². The molecule has 5 nitrogen and oxygen atoms in total. The number of carbonyl (C=O) groups is 1. The van der Waals surface area contributed by atoms with Crippen molar-refractivity contribution in [1.82, 2.24) is 5.32 Å². The fourth-order valence-electron chi connectivity index (χ4n) is 1.47. The molecule has 0 spiro atoms. The summed E-state index contributed by atoms with van der Waals surface area (Å²) in [5.74, 6) is 5.60. The quantitative estimate of drug-likeness (QED) is 0.554. The zero-order chi connectivity index (χ0) is 14.6. The molecule has 0 aromatic heterocycles. The lowest BCUT2D eigenvalue weighted by Gasteiger charge is -2.06. The number of carbonyl (C=O) groups excluding carboxylic acids is 1. The summed E-state index contributed by atoms with van der Waals surface area (Å²) in [5.41, 5.74) is 7.20. The van der Waals surface area contributed by atoms with Crippen molar-refractivity contribution in [1.29, 1.82) is 0 Å². The predicted molar refractivity (Wildman–Crippen MR) is 76.9 cm³/mol. The van der Waals surface area contributed by atoms with Gasteiger partial charge in [-0.15, -0.1) is 0 Å². The number of rotatable bonds is 7. The highest BCUT2D eigenvalue weighted by molar-refractivity contribution is 5.77. The van der Waals surface area contributed by atoms with E-state index in [0.29, 0.717) is 26.3 Å². The summed E-state index contributed by atoms with van der Waals surface area (Å²) in [6, 6.07) is 7.66. The molecule has 1 aromatic rings. The van der Waals surface area contributed by atoms with E-state index in [2.05, 4.69) is 17.2 Å². The third kappa shape index (κ3) is 6.90. The maximum atomic E-state index is 11.5. The summed E-state index contributed by atoms with van der Waals surface area (Å²) < 4.78 is 9.95. The average Bonchev–Trinajstić information content (AvgIpc) is 2.48. The van der Waals surface area contributed by atoms with Gasteiger partial charge in [0.25, 0.3) is 0 Å². The lowest BCUT2D eigenvalue weighted by molar-refractivity contribution is -0.126. The zero-order valence-electron chi connectivity index (χ0n) is 11.6. The molecule has 20 heavy (non-hydrogen) atoms. The summed E-state index contributed by atoms with van der Waals surface area (Å²) in [6.45, 7) is 1.71. The minimum atomic E-state index is -0.153. The van der Waals surface area contributed by atoms with Gasteiger partial charge in [0.2, 0.25) is 5.91 Å². The van der Waals surface area contributed by atoms with Gasteiger partial charge in [-0.3, -0.25) is 4.79 Å². The van der Waals surface area contributed by atoms with Gasteiger partial charge in [0.05, 0.1) is 19.8 Å². The molecular weight excluding hydrogens is 256 g/mol. The second-order valence-corrected chi connectivity index (χ2v) is 4.03. The zero-order valence-corrected chi connectivity index (χ0v) is 11.6. The van der Waals surface area contributed by atoms with Crippen molar-refractivity contribution in [2.75, 3.05) is 33.5 Å². The number of hydrogen-bond acceptors (Lipinski definition) is 4. The highest BCUT2D eigenvalue weighted by Crippen LogP contribution is 2.03. The van der Waals surface area contributed by atoms with Gasteiger partial charge in [0, 0.05) is 19.2 Å². The molecule has 0 unspecified atom stereocenters. The van der Waals surface area contributed by atoms with Crippen molar-refractivity contribution in [3.63, 3.8) is 0 Å². The molecule has 0 aliphatic carbocycles. The molecule has 5 heteroatoms. The Morgan fingerprint density at radius 1 is 1.40 bits per heavy atom. The average molecular weight is 276 g/mol. The van der Waals surface area contributed by atoms with Crippen LogP contribution >= 0.6 is 0 Å². The Balaban J connectivity index is 2.35. The molecule has 0 atom stereocenters. The molecule has 0 radical (unpaired) electrons. The Hall–Kier alpha value is -1.87. The first-order chi connectivity index (χ1) is 9.76. The number of nitrogens with one attached hydrogen (secondary N) is 1. The third-order valence-electron chi connectivity index (χ3n) is 2.42. The van der Waals surface area contributed by atoms with E-state index in [9.17, 15) is 4.79 Å². The molecule has 3 N–H and O–H groups in total. The van der Waals surface area contributed by atoms with Crippen LogP contribution in [0.3, 0.4) is 0 Å². The maximum absolute atomic E-state index is 11.5. The summed E-state index contributed by atoms with van der Waals surface area (Å²) in [5, 5.41) is 2.78. The van der Waals surface area contributed by atoms with Gasteiger partial charge >= 0.3 is 0 Å². The van der Waals surface area contributed by atoms with Crippen LogP contribution in [-0.2, 0) is 20.8 Å². The number of methoxy groups -OCH3 is 1. The Labute approximate surface area is 119 Å². The van der Waals surface area contributed by atoms with Crippen molar-refractivity contribution in [3.8, 4) is 11.8 Å². The molecule has 1 amide bonds. The fourth-order valence-corrected chi connectivity index (χ4v) is 1.47. The van der Waals surface area contributed by atoms with Crippen LogP contribution in [0.2, 0.25) is 0 Å². The third-order valence-corrected chi connectivity index (χ3v) is 2.42. The van der Waals surface area contributed by atoms with E-state index in [0.717, 1.165) is 11.1 Å². The molecule has 0 saturated carbocycles. The van der Waals surface area contributed by atoms with Crippen LogP contribution < -0.4 is 11.1 Å². The van der Waals surface area contributed by atoms with Gasteiger partial charge in [0.1, 0.15) is 6.61 Å². The molecule has 0 bridgehead atoms. The van der Waals surface area contributed by atoms with Crippen molar-refractivity contribution < 1.29 is 14.3 Å². The maximum Gasteiger partial charge on any atom is 0.246 e. The Morgan fingerprint density at radius 3 is 3.00 bits per heavy atom. The van der Waals surface area contributed by atoms with Crippen LogP contribution in [-0.4, -0.2) is 39.4 Å². The van der Waals surface area contributed by atoms with E-state index in [1.165, 1.54) is 0 Å². The Kier molecular flexibility index (Phi) is 8.08. The Morgan fingerprint density at radius 2 is 2.25 bits per heavy atom. The number of nitrogens with two attached hydrogens (primary N) is 1. The van der Waals surface area contributed by atoms with E-state index in [-0.39, 0.29) is 12.5 Å². The number of benzene rings is 1. The minimum Gasteiger partial charge on any atom is -0.382 e. The van der Waals surface area contributed by atoms with Gasteiger partial charge in [-0.05, 0) is 17.7 Å². The number of hydrogen-bond donors (Lipinski definition) is 2.